The van der Waals surface area contributed by atoms with Gasteiger partial charge in [0.1, 0.15) is 17.5 Å². The molecule has 0 aliphatic rings. The summed E-state index contributed by atoms with van der Waals surface area (Å²) in [6.07, 6.45) is 0. The van der Waals surface area contributed by atoms with Crippen LogP contribution in [0.4, 0.5) is 5.69 Å². The molecule has 6 nitrogen and oxygen atoms in total. The number of rotatable bonds is 7. The number of anilines is 1. The van der Waals surface area contributed by atoms with Crippen LogP contribution in [0, 0.1) is 0 Å². The van der Waals surface area contributed by atoms with E-state index in [1.54, 1.807) is 21.1 Å². The summed E-state index contributed by atoms with van der Waals surface area (Å²) in [6.45, 7) is 3.60. The summed E-state index contributed by atoms with van der Waals surface area (Å²) in [5.41, 5.74) is 4.95. The molecule has 132 valence electrons. The lowest BCUT2D eigenvalue weighted by molar-refractivity contribution is -0.121. The van der Waals surface area contributed by atoms with Crippen molar-refractivity contribution in [1.29, 1.82) is 0 Å². The van der Waals surface area contributed by atoms with Crippen molar-refractivity contribution in [3.8, 4) is 11.5 Å². The van der Waals surface area contributed by atoms with E-state index in [0.717, 1.165) is 17.0 Å². The van der Waals surface area contributed by atoms with E-state index in [-0.39, 0.29) is 5.91 Å². The molecule has 0 heterocycles. The number of carbonyl (C=O) groups is 1. The number of methoxy groups -OCH3 is 2. The Morgan fingerprint density at radius 2 is 1.72 bits per heavy atom. The van der Waals surface area contributed by atoms with Gasteiger partial charge in [-0.3, -0.25) is 4.79 Å². The van der Waals surface area contributed by atoms with Crippen LogP contribution in [0.3, 0.4) is 0 Å². The molecule has 0 spiro atoms. The number of carbonyl (C=O) groups excluding carboxylic acids is 1. The zero-order valence-electron chi connectivity index (χ0n) is 14.9. The average molecular weight is 341 g/mol. The van der Waals surface area contributed by atoms with E-state index in [1.165, 1.54) is 0 Å². The van der Waals surface area contributed by atoms with Crippen LogP contribution in [0.25, 0.3) is 0 Å². The maximum absolute atomic E-state index is 12.2. The van der Waals surface area contributed by atoms with Gasteiger partial charge in [-0.25, -0.2) is 5.43 Å². The predicted molar refractivity (Wildman–Crippen MR) is 99.4 cm³/mol. The van der Waals surface area contributed by atoms with Crippen LogP contribution in [-0.4, -0.2) is 31.9 Å². The quantitative estimate of drug-likeness (QED) is 0.600. The minimum Gasteiger partial charge on any atom is -0.497 e. The number of amides is 1. The van der Waals surface area contributed by atoms with Crippen molar-refractivity contribution in [1.82, 2.24) is 5.43 Å². The number of hydrazone groups is 1. The molecular formula is C19H23N3O3. The first-order valence-electron chi connectivity index (χ1n) is 7.93. The van der Waals surface area contributed by atoms with Gasteiger partial charge < -0.3 is 14.8 Å². The number of benzene rings is 2. The van der Waals surface area contributed by atoms with Crippen LogP contribution in [0.2, 0.25) is 0 Å². The van der Waals surface area contributed by atoms with Crippen LogP contribution in [0.1, 0.15) is 19.4 Å². The average Bonchev–Trinajstić information content (AvgIpc) is 2.66. The Labute approximate surface area is 147 Å². The molecule has 2 rings (SSSR count). The molecule has 0 radical (unpaired) electrons. The van der Waals surface area contributed by atoms with Gasteiger partial charge in [-0.05, 0) is 55.8 Å². The van der Waals surface area contributed by atoms with Gasteiger partial charge in [0.15, 0.2) is 0 Å². The summed E-state index contributed by atoms with van der Waals surface area (Å²) in [5.74, 6) is 1.22. The van der Waals surface area contributed by atoms with Crippen molar-refractivity contribution < 1.29 is 14.3 Å². The highest BCUT2D eigenvalue weighted by molar-refractivity contribution is 5.99. The number of nitrogens with zero attached hydrogens (tertiary/aromatic N) is 1. The molecule has 0 bridgehead atoms. The fourth-order valence-electron chi connectivity index (χ4n) is 2.20. The SMILES string of the molecule is COc1ccc(C(C)=NNC(=O)[C@H](C)Nc2ccccc2OC)cc1. The molecule has 6 heteroatoms. The molecule has 0 aliphatic heterocycles. The summed E-state index contributed by atoms with van der Waals surface area (Å²) in [5, 5.41) is 7.28. The lowest BCUT2D eigenvalue weighted by atomic mass is 10.1. The monoisotopic (exact) mass is 341 g/mol. The second-order valence-corrected chi connectivity index (χ2v) is 5.47. The first-order valence-corrected chi connectivity index (χ1v) is 7.93. The van der Waals surface area contributed by atoms with Crippen LogP contribution in [-0.2, 0) is 4.79 Å². The topological polar surface area (TPSA) is 72.0 Å². The highest BCUT2D eigenvalue weighted by atomic mass is 16.5. The molecule has 1 amide bonds. The minimum atomic E-state index is -0.469. The molecular weight excluding hydrogens is 318 g/mol. The second kappa shape index (κ2) is 8.73. The molecule has 0 fully saturated rings. The molecule has 2 aromatic rings. The van der Waals surface area contributed by atoms with E-state index < -0.39 is 6.04 Å². The van der Waals surface area contributed by atoms with Gasteiger partial charge in [-0.2, -0.15) is 5.10 Å². The van der Waals surface area contributed by atoms with Gasteiger partial charge in [-0.1, -0.05) is 12.1 Å². The van der Waals surface area contributed by atoms with Crippen LogP contribution in [0.5, 0.6) is 11.5 Å². The van der Waals surface area contributed by atoms with Gasteiger partial charge in [0, 0.05) is 0 Å². The lowest BCUT2D eigenvalue weighted by Gasteiger charge is -2.16. The molecule has 2 N–H and O–H groups in total. The van der Waals surface area contributed by atoms with Gasteiger partial charge in [-0.15, -0.1) is 0 Å². The first-order chi connectivity index (χ1) is 12.0. The molecule has 0 unspecified atom stereocenters. The Morgan fingerprint density at radius 1 is 1.04 bits per heavy atom. The molecule has 0 saturated heterocycles. The predicted octanol–water partition coefficient (Wildman–Crippen LogP) is 3.04. The standard InChI is InChI=1S/C19H23N3O3/c1-13(15-9-11-16(24-3)12-10-15)21-22-19(23)14(2)20-17-7-5-6-8-18(17)25-4/h5-12,14,20H,1-4H3,(H,22,23)/t14-/m0/s1. The Hall–Kier alpha value is -3.02. The van der Waals surface area contributed by atoms with Crippen molar-refractivity contribution in [3.63, 3.8) is 0 Å². The lowest BCUT2D eigenvalue weighted by Crippen LogP contribution is -2.35. The van der Waals surface area contributed by atoms with E-state index >= 15 is 0 Å². The fourth-order valence-corrected chi connectivity index (χ4v) is 2.20. The van der Waals surface area contributed by atoms with Crippen LogP contribution < -0.4 is 20.2 Å². The Balaban J connectivity index is 1.97. The Bertz CT molecular complexity index is 742. The smallest absolute Gasteiger partial charge is 0.262 e. The van der Waals surface area contributed by atoms with Crippen molar-refractivity contribution in [2.75, 3.05) is 19.5 Å². The van der Waals surface area contributed by atoms with Gasteiger partial charge in [0.05, 0.1) is 25.6 Å². The number of para-hydroxylation sites is 2. The van der Waals surface area contributed by atoms with Gasteiger partial charge >= 0.3 is 0 Å². The highest BCUT2D eigenvalue weighted by Crippen LogP contribution is 2.23. The molecule has 2 aromatic carbocycles. The van der Waals surface area contributed by atoms with Gasteiger partial charge in [0.2, 0.25) is 0 Å². The van der Waals surface area contributed by atoms with Crippen LogP contribution in [0.15, 0.2) is 53.6 Å². The maximum Gasteiger partial charge on any atom is 0.262 e. The van der Waals surface area contributed by atoms with Crippen LogP contribution >= 0.6 is 0 Å². The fraction of sp³-hybridized carbons (Fsp3) is 0.263. The van der Waals surface area contributed by atoms with E-state index in [0.29, 0.717) is 11.5 Å². The summed E-state index contributed by atoms with van der Waals surface area (Å²) in [7, 11) is 3.21. The number of nitrogens with one attached hydrogen (secondary N) is 2. The van der Waals surface area contributed by atoms with Crippen molar-refractivity contribution >= 4 is 17.3 Å². The second-order valence-electron chi connectivity index (χ2n) is 5.47. The third-order valence-corrected chi connectivity index (χ3v) is 3.71. The van der Waals surface area contributed by atoms with E-state index in [4.69, 9.17) is 9.47 Å². The van der Waals surface area contributed by atoms with Crippen molar-refractivity contribution in [2.24, 2.45) is 5.10 Å². The number of ether oxygens (including phenoxy) is 2. The first kappa shape index (κ1) is 18.3. The minimum absolute atomic E-state index is 0.237. The molecule has 0 saturated carbocycles. The Kier molecular flexibility index (Phi) is 6.39. The molecule has 0 aromatic heterocycles. The third kappa shape index (κ3) is 4.97. The molecule has 25 heavy (non-hydrogen) atoms. The largest absolute Gasteiger partial charge is 0.497 e. The summed E-state index contributed by atoms with van der Waals surface area (Å²) in [4.78, 5) is 12.2. The third-order valence-electron chi connectivity index (χ3n) is 3.71. The zero-order chi connectivity index (χ0) is 18.2. The summed E-state index contributed by atoms with van der Waals surface area (Å²) >= 11 is 0. The molecule has 1 atom stereocenters. The number of hydrogen-bond acceptors (Lipinski definition) is 5. The van der Waals surface area contributed by atoms with E-state index in [1.807, 2.05) is 55.5 Å². The summed E-state index contributed by atoms with van der Waals surface area (Å²) < 4.78 is 10.4. The normalized spacial score (nSPS) is 12.2. The summed E-state index contributed by atoms with van der Waals surface area (Å²) in [6, 6.07) is 14.4. The van der Waals surface area contributed by atoms with Crippen molar-refractivity contribution in [3.05, 3.63) is 54.1 Å². The highest BCUT2D eigenvalue weighted by Gasteiger charge is 2.14. The van der Waals surface area contributed by atoms with E-state index in [2.05, 4.69) is 15.8 Å². The van der Waals surface area contributed by atoms with Gasteiger partial charge in [0.25, 0.3) is 5.91 Å². The molecule has 0 aliphatic carbocycles. The maximum atomic E-state index is 12.2. The Morgan fingerprint density at radius 3 is 2.36 bits per heavy atom. The number of hydrogen-bond donors (Lipinski definition) is 2. The van der Waals surface area contributed by atoms with E-state index in [9.17, 15) is 4.79 Å². The zero-order valence-corrected chi connectivity index (χ0v) is 14.9. The van der Waals surface area contributed by atoms with Crippen molar-refractivity contribution in [2.45, 2.75) is 19.9 Å².